The number of aromatic nitrogens is 3. The molecular weight excluding hydrogens is 205 g/mol. The molecule has 0 saturated carbocycles. The van der Waals surface area contributed by atoms with E-state index in [1.165, 1.54) is 18.3 Å². The highest BCUT2D eigenvalue weighted by Crippen LogP contribution is 2.16. The van der Waals surface area contributed by atoms with Gasteiger partial charge < -0.3 is 0 Å². The van der Waals surface area contributed by atoms with E-state index in [0.29, 0.717) is 5.69 Å². The number of benzene rings is 1. The first kappa shape index (κ1) is 9.02. The fourth-order valence-electron chi connectivity index (χ4n) is 1.04. The molecule has 0 aliphatic rings. The average Bonchev–Trinajstić information content (AvgIpc) is 2.19. The van der Waals surface area contributed by atoms with Crippen LogP contribution in [-0.4, -0.2) is 15.2 Å². The molecule has 0 fully saturated rings. The van der Waals surface area contributed by atoms with Crippen molar-refractivity contribution in [3.63, 3.8) is 0 Å². The third kappa shape index (κ3) is 1.85. The van der Waals surface area contributed by atoms with Crippen molar-refractivity contribution in [2.75, 3.05) is 0 Å². The Bertz CT molecular complexity index is 444. The molecule has 0 bridgehead atoms. The van der Waals surface area contributed by atoms with Gasteiger partial charge >= 0.3 is 0 Å². The molecule has 0 saturated heterocycles. The molecule has 70 valence electrons. The standard InChI is InChI=1S/C9H5ClFN3/c10-9-13-8(5-12-14-9)6-1-3-7(11)4-2-6/h1-5H. The summed E-state index contributed by atoms with van der Waals surface area (Å²) in [7, 11) is 0. The van der Waals surface area contributed by atoms with Crippen LogP contribution in [-0.2, 0) is 0 Å². The summed E-state index contributed by atoms with van der Waals surface area (Å²) in [5.74, 6) is -0.290. The maximum Gasteiger partial charge on any atom is 0.243 e. The molecule has 1 heterocycles. The van der Waals surface area contributed by atoms with Crippen molar-refractivity contribution in [3.05, 3.63) is 41.6 Å². The average molecular weight is 210 g/mol. The number of hydrogen-bond acceptors (Lipinski definition) is 3. The van der Waals surface area contributed by atoms with Crippen LogP contribution in [0.5, 0.6) is 0 Å². The molecule has 0 aliphatic heterocycles. The van der Waals surface area contributed by atoms with Gasteiger partial charge in [-0.15, -0.1) is 5.10 Å². The zero-order valence-corrected chi connectivity index (χ0v) is 7.74. The lowest BCUT2D eigenvalue weighted by molar-refractivity contribution is 0.628. The Kier molecular flexibility index (Phi) is 2.37. The third-order valence-electron chi connectivity index (χ3n) is 1.67. The first-order chi connectivity index (χ1) is 6.75. The van der Waals surface area contributed by atoms with Gasteiger partial charge in [0.05, 0.1) is 11.9 Å². The van der Waals surface area contributed by atoms with Gasteiger partial charge in [-0.1, -0.05) is 0 Å². The highest BCUT2D eigenvalue weighted by atomic mass is 35.5. The van der Waals surface area contributed by atoms with Crippen molar-refractivity contribution in [2.45, 2.75) is 0 Å². The summed E-state index contributed by atoms with van der Waals surface area (Å²) < 4.78 is 12.6. The van der Waals surface area contributed by atoms with Gasteiger partial charge in [-0.2, -0.15) is 5.10 Å². The molecule has 0 atom stereocenters. The largest absolute Gasteiger partial charge is 0.243 e. The van der Waals surface area contributed by atoms with Gasteiger partial charge in [0.1, 0.15) is 5.82 Å². The molecule has 0 spiro atoms. The van der Waals surface area contributed by atoms with Crippen molar-refractivity contribution < 1.29 is 4.39 Å². The fourth-order valence-corrected chi connectivity index (χ4v) is 1.18. The Morgan fingerprint density at radius 3 is 2.50 bits per heavy atom. The van der Waals surface area contributed by atoms with Gasteiger partial charge in [0.25, 0.3) is 0 Å². The second kappa shape index (κ2) is 3.67. The van der Waals surface area contributed by atoms with E-state index in [1.807, 2.05) is 0 Å². The summed E-state index contributed by atoms with van der Waals surface area (Å²) in [4.78, 5) is 3.94. The highest BCUT2D eigenvalue weighted by molar-refractivity contribution is 6.28. The van der Waals surface area contributed by atoms with Crippen LogP contribution < -0.4 is 0 Å². The first-order valence-electron chi connectivity index (χ1n) is 3.87. The molecule has 14 heavy (non-hydrogen) atoms. The summed E-state index contributed by atoms with van der Waals surface area (Å²) >= 11 is 5.57. The molecule has 0 amide bonds. The summed E-state index contributed by atoms with van der Waals surface area (Å²) in [6.07, 6.45) is 1.47. The van der Waals surface area contributed by atoms with Crippen LogP contribution in [0.2, 0.25) is 5.28 Å². The molecule has 5 heteroatoms. The minimum Gasteiger partial charge on any atom is -0.215 e. The van der Waals surface area contributed by atoms with Gasteiger partial charge in [0, 0.05) is 5.56 Å². The molecule has 0 aliphatic carbocycles. The predicted octanol–water partition coefficient (Wildman–Crippen LogP) is 2.33. The van der Waals surface area contributed by atoms with Crippen LogP contribution in [0.1, 0.15) is 0 Å². The van der Waals surface area contributed by atoms with Crippen LogP contribution in [0.4, 0.5) is 4.39 Å². The van der Waals surface area contributed by atoms with Gasteiger partial charge in [-0.25, -0.2) is 9.37 Å². The predicted molar refractivity (Wildman–Crippen MR) is 50.2 cm³/mol. The van der Waals surface area contributed by atoms with E-state index < -0.39 is 0 Å². The van der Waals surface area contributed by atoms with E-state index in [0.717, 1.165) is 5.56 Å². The second-order valence-corrected chi connectivity index (χ2v) is 2.96. The van der Waals surface area contributed by atoms with E-state index in [2.05, 4.69) is 15.2 Å². The summed E-state index contributed by atoms with van der Waals surface area (Å²) in [5.41, 5.74) is 1.33. The SMILES string of the molecule is Fc1ccc(-c2cnnc(Cl)n2)cc1. The highest BCUT2D eigenvalue weighted by Gasteiger charge is 2.01. The normalized spacial score (nSPS) is 10.1. The quantitative estimate of drug-likeness (QED) is 0.724. The minimum absolute atomic E-state index is 0.0758. The van der Waals surface area contributed by atoms with Crippen molar-refractivity contribution in [1.29, 1.82) is 0 Å². The van der Waals surface area contributed by atoms with Gasteiger partial charge in [-0.05, 0) is 35.9 Å². The van der Waals surface area contributed by atoms with E-state index in [1.54, 1.807) is 12.1 Å². The van der Waals surface area contributed by atoms with Crippen molar-refractivity contribution in [2.24, 2.45) is 0 Å². The number of rotatable bonds is 1. The van der Waals surface area contributed by atoms with Crippen molar-refractivity contribution >= 4 is 11.6 Å². The number of halogens is 2. The van der Waals surface area contributed by atoms with Crippen LogP contribution in [0.25, 0.3) is 11.3 Å². The topological polar surface area (TPSA) is 38.7 Å². The molecule has 3 nitrogen and oxygen atoms in total. The van der Waals surface area contributed by atoms with Crippen molar-refractivity contribution in [1.82, 2.24) is 15.2 Å². The second-order valence-electron chi connectivity index (χ2n) is 2.62. The number of hydrogen-bond donors (Lipinski definition) is 0. The van der Waals surface area contributed by atoms with Crippen LogP contribution >= 0.6 is 11.6 Å². The van der Waals surface area contributed by atoms with Crippen molar-refractivity contribution in [3.8, 4) is 11.3 Å². The Morgan fingerprint density at radius 2 is 1.86 bits per heavy atom. The molecular formula is C9H5ClFN3. The van der Waals surface area contributed by atoms with Crippen LogP contribution in [0.3, 0.4) is 0 Å². The molecule has 0 unspecified atom stereocenters. The molecule has 2 aromatic rings. The Balaban J connectivity index is 2.44. The smallest absolute Gasteiger partial charge is 0.215 e. The van der Waals surface area contributed by atoms with E-state index in [-0.39, 0.29) is 11.1 Å². The lowest BCUT2D eigenvalue weighted by atomic mass is 10.2. The zero-order chi connectivity index (χ0) is 9.97. The van der Waals surface area contributed by atoms with Gasteiger partial charge in [0.15, 0.2) is 0 Å². The zero-order valence-electron chi connectivity index (χ0n) is 6.98. The van der Waals surface area contributed by atoms with Gasteiger partial charge in [-0.3, -0.25) is 0 Å². The Hall–Kier alpha value is -1.55. The molecule has 2 rings (SSSR count). The monoisotopic (exact) mass is 209 g/mol. The van der Waals surface area contributed by atoms with E-state index >= 15 is 0 Å². The maximum atomic E-state index is 12.6. The van der Waals surface area contributed by atoms with Crippen LogP contribution in [0.15, 0.2) is 30.5 Å². The number of nitrogens with zero attached hydrogens (tertiary/aromatic N) is 3. The van der Waals surface area contributed by atoms with Gasteiger partial charge in [0.2, 0.25) is 5.28 Å². The molecule has 0 N–H and O–H groups in total. The summed E-state index contributed by atoms with van der Waals surface area (Å²) in [5, 5.41) is 7.23. The lowest BCUT2D eigenvalue weighted by Gasteiger charge is -1.98. The lowest BCUT2D eigenvalue weighted by Crippen LogP contribution is -1.90. The molecule has 0 radical (unpaired) electrons. The van der Waals surface area contributed by atoms with Crippen LogP contribution in [0, 0.1) is 5.82 Å². The Labute approximate surface area is 84.6 Å². The van der Waals surface area contributed by atoms with E-state index in [4.69, 9.17) is 11.6 Å². The molecule has 1 aromatic carbocycles. The first-order valence-corrected chi connectivity index (χ1v) is 4.24. The Morgan fingerprint density at radius 1 is 1.14 bits per heavy atom. The molecule has 1 aromatic heterocycles. The third-order valence-corrected chi connectivity index (χ3v) is 1.83. The van der Waals surface area contributed by atoms with E-state index in [9.17, 15) is 4.39 Å². The summed E-state index contributed by atoms with van der Waals surface area (Å²) in [6.45, 7) is 0. The fraction of sp³-hybridized carbons (Fsp3) is 0. The minimum atomic E-state index is -0.290. The maximum absolute atomic E-state index is 12.6. The summed E-state index contributed by atoms with van der Waals surface area (Å²) in [6, 6.07) is 5.92.